The Bertz CT molecular complexity index is 1390. The molecule has 1 aromatic carbocycles. The van der Waals surface area contributed by atoms with Gasteiger partial charge in [-0.2, -0.15) is 0 Å². The van der Waals surface area contributed by atoms with Gasteiger partial charge >= 0.3 is 5.97 Å². The summed E-state index contributed by atoms with van der Waals surface area (Å²) in [6.07, 6.45) is 3.00. The Labute approximate surface area is 175 Å². The van der Waals surface area contributed by atoms with Gasteiger partial charge in [0.25, 0.3) is 10.0 Å². The Morgan fingerprint density at radius 3 is 2.53 bits per heavy atom. The van der Waals surface area contributed by atoms with Gasteiger partial charge in [0, 0.05) is 36.1 Å². The lowest BCUT2D eigenvalue weighted by molar-refractivity contribution is 0.0686. The molecule has 0 aliphatic heterocycles. The summed E-state index contributed by atoms with van der Waals surface area (Å²) in [4.78, 5) is 29.0. The highest BCUT2D eigenvalue weighted by atomic mass is 32.2. The number of aromatic carboxylic acids is 1. The number of hydrogen-bond donors (Lipinski definition) is 2. The van der Waals surface area contributed by atoms with Crippen molar-refractivity contribution in [1.29, 1.82) is 0 Å². The van der Waals surface area contributed by atoms with Crippen molar-refractivity contribution in [3.63, 3.8) is 0 Å². The number of carboxylic acid groups (broad SMARTS) is 1. The Morgan fingerprint density at radius 1 is 1.20 bits per heavy atom. The van der Waals surface area contributed by atoms with E-state index >= 15 is 0 Å². The van der Waals surface area contributed by atoms with Crippen LogP contribution in [-0.2, 0) is 17.1 Å². The van der Waals surface area contributed by atoms with Crippen molar-refractivity contribution in [2.45, 2.75) is 11.8 Å². The van der Waals surface area contributed by atoms with E-state index in [0.717, 1.165) is 11.0 Å². The van der Waals surface area contributed by atoms with Crippen LogP contribution in [-0.4, -0.2) is 39.2 Å². The van der Waals surface area contributed by atoms with Crippen molar-refractivity contribution in [3.8, 4) is 0 Å². The minimum absolute atomic E-state index is 0.146. The summed E-state index contributed by atoms with van der Waals surface area (Å²) in [6.45, 7) is 1.76. The van der Waals surface area contributed by atoms with E-state index in [2.05, 4.69) is 9.71 Å². The van der Waals surface area contributed by atoms with Gasteiger partial charge in [0.05, 0.1) is 5.69 Å². The Balaban J connectivity index is 1.58. The van der Waals surface area contributed by atoms with Crippen LogP contribution < -0.4 is 4.72 Å². The third kappa shape index (κ3) is 3.37. The highest BCUT2D eigenvalue weighted by molar-refractivity contribution is 7.92. The van der Waals surface area contributed by atoms with Crippen LogP contribution in [0.2, 0.25) is 0 Å². The second kappa shape index (κ2) is 7.11. The molecule has 154 valence electrons. The van der Waals surface area contributed by atoms with Crippen LogP contribution in [0.1, 0.15) is 32.2 Å². The van der Waals surface area contributed by atoms with Crippen LogP contribution in [0.3, 0.4) is 0 Å². The Morgan fingerprint density at radius 2 is 1.90 bits per heavy atom. The molecule has 4 rings (SSSR count). The molecule has 0 aliphatic carbocycles. The number of carbonyl (C=O) groups is 2. The SMILES string of the molecule is Cc1nc2sccn2c1C(=O)c1ccc(NS(=O)(=O)c2cc(C(=O)O)n(C)c2)cc1. The van der Waals surface area contributed by atoms with Crippen LogP contribution in [0.5, 0.6) is 0 Å². The summed E-state index contributed by atoms with van der Waals surface area (Å²) in [6, 6.07) is 7.09. The molecular formula is C19H16N4O5S2. The van der Waals surface area contributed by atoms with Gasteiger partial charge in [-0.15, -0.1) is 11.3 Å². The van der Waals surface area contributed by atoms with Crippen molar-refractivity contribution in [2.75, 3.05) is 4.72 Å². The number of nitrogens with one attached hydrogen (secondary N) is 1. The largest absolute Gasteiger partial charge is 0.477 e. The number of aromatic nitrogens is 3. The summed E-state index contributed by atoms with van der Waals surface area (Å²) < 4.78 is 30.5. The van der Waals surface area contributed by atoms with Gasteiger partial charge in [0.15, 0.2) is 4.96 Å². The van der Waals surface area contributed by atoms with Gasteiger partial charge in [0.1, 0.15) is 16.3 Å². The molecule has 0 atom stereocenters. The van der Waals surface area contributed by atoms with E-state index in [1.165, 1.54) is 53.4 Å². The third-order valence-electron chi connectivity index (χ3n) is 4.56. The molecular weight excluding hydrogens is 428 g/mol. The van der Waals surface area contributed by atoms with Gasteiger partial charge in [-0.25, -0.2) is 18.2 Å². The molecule has 0 amide bonds. The lowest BCUT2D eigenvalue weighted by Gasteiger charge is -2.07. The summed E-state index contributed by atoms with van der Waals surface area (Å²) in [5.41, 5.74) is 1.58. The second-order valence-corrected chi connectivity index (χ2v) is 9.15. The number of imidazole rings is 1. The normalized spacial score (nSPS) is 11.7. The van der Waals surface area contributed by atoms with Crippen LogP contribution in [0.15, 0.2) is 53.0 Å². The molecule has 0 saturated heterocycles. The monoisotopic (exact) mass is 444 g/mol. The first-order chi connectivity index (χ1) is 14.2. The number of nitrogens with zero attached hydrogens (tertiary/aromatic N) is 3. The van der Waals surface area contributed by atoms with Crippen LogP contribution in [0.4, 0.5) is 5.69 Å². The lowest BCUT2D eigenvalue weighted by Crippen LogP contribution is -2.12. The highest BCUT2D eigenvalue weighted by Crippen LogP contribution is 2.22. The smallest absolute Gasteiger partial charge is 0.352 e. The van der Waals surface area contributed by atoms with Gasteiger partial charge in [-0.3, -0.25) is 13.9 Å². The average molecular weight is 444 g/mol. The minimum Gasteiger partial charge on any atom is -0.477 e. The maximum absolute atomic E-state index is 12.9. The number of rotatable bonds is 6. The maximum atomic E-state index is 12.9. The zero-order valence-electron chi connectivity index (χ0n) is 15.9. The van der Waals surface area contributed by atoms with Crippen molar-refractivity contribution >= 4 is 43.8 Å². The van der Waals surface area contributed by atoms with Crippen LogP contribution >= 0.6 is 11.3 Å². The predicted octanol–water partition coefficient (Wildman–Crippen LogP) is 2.77. The fourth-order valence-corrected chi connectivity index (χ4v) is 4.99. The van der Waals surface area contributed by atoms with E-state index in [1.54, 1.807) is 17.5 Å². The quantitative estimate of drug-likeness (QED) is 0.441. The number of hydrogen-bond acceptors (Lipinski definition) is 6. The van der Waals surface area contributed by atoms with E-state index in [1.807, 2.05) is 5.38 Å². The highest BCUT2D eigenvalue weighted by Gasteiger charge is 2.22. The maximum Gasteiger partial charge on any atom is 0.352 e. The first kappa shape index (κ1) is 19.9. The molecule has 2 N–H and O–H groups in total. The van der Waals surface area contributed by atoms with Gasteiger partial charge in [0.2, 0.25) is 5.78 Å². The number of aryl methyl sites for hydroxylation is 2. The van der Waals surface area contributed by atoms with Crippen molar-refractivity contribution in [1.82, 2.24) is 14.0 Å². The summed E-state index contributed by atoms with van der Waals surface area (Å²) >= 11 is 1.43. The molecule has 0 fully saturated rings. The standard InChI is InChI=1S/C19H16N4O5S2/c1-11-16(23-7-8-29-19(23)20-11)17(24)12-3-5-13(6-4-12)21-30(27,28)14-9-15(18(25)26)22(2)10-14/h3-10,21H,1-2H3,(H,25,26). The Kier molecular flexibility index (Phi) is 4.71. The van der Waals surface area contributed by atoms with Crippen LogP contribution in [0.25, 0.3) is 4.96 Å². The lowest BCUT2D eigenvalue weighted by atomic mass is 10.1. The number of thiazole rings is 1. The molecule has 30 heavy (non-hydrogen) atoms. The molecule has 0 spiro atoms. The minimum atomic E-state index is -3.98. The number of sulfonamides is 1. The molecule has 0 unspecified atom stereocenters. The van der Waals surface area contributed by atoms with E-state index in [0.29, 0.717) is 17.0 Å². The zero-order chi connectivity index (χ0) is 21.6. The van der Waals surface area contributed by atoms with E-state index in [-0.39, 0.29) is 22.1 Å². The first-order valence-electron chi connectivity index (χ1n) is 8.67. The van der Waals surface area contributed by atoms with Crippen molar-refractivity contribution < 1.29 is 23.1 Å². The number of benzene rings is 1. The van der Waals surface area contributed by atoms with Crippen molar-refractivity contribution in [2.24, 2.45) is 7.05 Å². The van der Waals surface area contributed by atoms with Crippen molar-refractivity contribution in [3.05, 3.63) is 70.8 Å². The second-order valence-electron chi connectivity index (χ2n) is 6.59. The molecule has 0 saturated carbocycles. The van der Waals surface area contributed by atoms with Gasteiger partial charge in [-0.1, -0.05) is 0 Å². The van der Waals surface area contributed by atoms with E-state index in [4.69, 9.17) is 5.11 Å². The number of ketones is 1. The summed E-state index contributed by atoms with van der Waals surface area (Å²) in [7, 11) is -2.53. The van der Waals surface area contributed by atoms with E-state index in [9.17, 15) is 18.0 Å². The van der Waals surface area contributed by atoms with E-state index < -0.39 is 16.0 Å². The topological polar surface area (TPSA) is 123 Å². The molecule has 9 nitrogen and oxygen atoms in total. The zero-order valence-corrected chi connectivity index (χ0v) is 17.5. The predicted molar refractivity (Wildman–Crippen MR) is 111 cm³/mol. The molecule has 0 radical (unpaired) electrons. The molecule has 0 aliphatic rings. The third-order valence-corrected chi connectivity index (χ3v) is 6.66. The fourth-order valence-electron chi connectivity index (χ4n) is 3.10. The fraction of sp³-hybridized carbons (Fsp3) is 0.105. The summed E-state index contributed by atoms with van der Waals surface area (Å²) in [5, 5.41) is 10.9. The molecule has 3 heterocycles. The number of carboxylic acids is 1. The molecule has 4 aromatic rings. The first-order valence-corrected chi connectivity index (χ1v) is 11.0. The average Bonchev–Trinajstić information content (AvgIpc) is 3.36. The number of anilines is 1. The summed E-state index contributed by atoms with van der Waals surface area (Å²) in [5.74, 6) is -1.45. The molecule has 0 bridgehead atoms. The molecule has 3 aromatic heterocycles. The van der Waals surface area contributed by atoms with Gasteiger partial charge < -0.3 is 9.67 Å². The number of carbonyl (C=O) groups excluding carboxylic acids is 1. The number of fused-ring (bicyclic) bond motifs is 1. The molecule has 11 heteroatoms. The van der Waals surface area contributed by atoms with Gasteiger partial charge in [-0.05, 0) is 37.3 Å². The Hall–Kier alpha value is -3.44. The van der Waals surface area contributed by atoms with Crippen LogP contribution in [0, 0.1) is 6.92 Å².